The zero-order valence-corrected chi connectivity index (χ0v) is 17.7. The van der Waals surface area contributed by atoms with Crippen molar-refractivity contribution in [3.05, 3.63) is 23.3 Å². The smallest absolute Gasteiger partial charge is 0.225 e. The van der Waals surface area contributed by atoms with Crippen LogP contribution in [0.25, 0.3) is 0 Å². The van der Waals surface area contributed by atoms with Gasteiger partial charge in [0.2, 0.25) is 5.91 Å². The number of hydrogen-bond acceptors (Lipinski definition) is 2. The summed E-state index contributed by atoms with van der Waals surface area (Å²) in [5.74, 6) is 2.61. The molecule has 4 aliphatic rings. The Morgan fingerprint density at radius 1 is 1.19 bits per heavy atom. The van der Waals surface area contributed by atoms with E-state index in [-0.39, 0.29) is 16.7 Å². The summed E-state index contributed by atoms with van der Waals surface area (Å²) in [4.78, 5) is 27.0. The van der Waals surface area contributed by atoms with E-state index in [0.29, 0.717) is 35.9 Å². The lowest BCUT2D eigenvalue weighted by molar-refractivity contribution is -0.140. The van der Waals surface area contributed by atoms with Gasteiger partial charge in [0.15, 0.2) is 5.78 Å². The molecule has 2 saturated carbocycles. The van der Waals surface area contributed by atoms with E-state index in [1.807, 2.05) is 18.0 Å². The first-order chi connectivity index (χ1) is 12.7. The maximum absolute atomic E-state index is 13.1. The van der Waals surface area contributed by atoms with Gasteiger partial charge in [-0.05, 0) is 86.2 Å². The first kappa shape index (κ1) is 19.0. The van der Waals surface area contributed by atoms with Crippen molar-refractivity contribution in [3.8, 4) is 0 Å². The van der Waals surface area contributed by atoms with Crippen LogP contribution in [0.1, 0.15) is 66.2 Å². The highest BCUT2D eigenvalue weighted by molar-refractivity contribution is 5.92. The number of ketones is 1. The molecule has 0 saturated heterocycles. The molecule has 3 nitrogen and oxygen atoms in total. The van der Waals surface area contributed by atoms with E-state index >= 15 is 0 Å². The molecule has 0 spiro atoms. The van der Waals surface area contributed by atoms with Crippen molar-refractivity contribution in [1.29, 1.82) is 0 Å². The third-order valence-corrected chi connectivity index (χ3v) is 8.98. The summed E-state index contributed by atoms with van der Waals surface area (Å²) in [5.41, 5.74) is 2.89. The molecule has 6 atom stereocenters. The first-order valence-corrected chi connectivity index (χ1v) is 10.9. The number of amides is 1. The van der Waals surface area contributed by atoms with Gasteiger partial charge in [-0.25, -0.2) is 0 Å². The van der Waals surface area contributed by atoms with Gasteiger partial charge in [-0.2, -0.15) is 0 Å². The summed E-state index contributed by atoms with van der Waals surface area (Å²) in [5, 5.41) is 0. The molecule has 0 heterocycles. The fraction of sp³-hybridized carbons (Fsp3) is 0.750. The van der Waals surface area contributed by atoms with E-state index in [1.165, 1.54) is 24.0 Å². The van der Waals surface area contributed by atoms with Crippen LogP contribution < -0.4 is 0 Å². The number of carbonyl (C=O) groups excluding carboxylic acids is 2. The fourth-order valence-corrected chi connectivity index (χ4v) is 7.24. The van der Waals surface area contributed by atoms with Gasteiger partial charge in [-0.1, -0.05) is 25.5 Å². The summed E-state index contributed by atoms with van der Waals surface area (Å²) in [6.07, 6.45) is 10.7. The molecule has 3 heteroatoms. The van der Waals surface area contributed by atoms with Crippen LogP contribution in [-0.4, -0.2) is 30.2 Å². The van der Waals surface area contributed by atoms with Gasteiger partial charge in [-0.15, -0.1) is 0 Å². The fourth-order valence-electron chi connectivity index (χ4n) is 7.24. The van der Waals surface area contributed by atoms with E-state index in [2.05, 4.69) is 33.8 Å². The Kier molecular flexibility index (Phi) is 4.44. The summed E-state index contributed by atoms with van der Waals surface area (Å²) < 4.78 is 0. The molecular weight excluding hydrogens is 334 g/mol. The summed E-state index contributed by atoms with van der Waals surface area (Å²) in [6.45, 7) is 9.86. The third-order valence-electron chi connectivity index (χ3n) is 8.98. The summed E-state index contributed by atoms with van der Waals surface area (Å²) >= 11 is 0. The minimum atomic E-state index is 0.126. The monoisotopic (exact) mass is 369 g/mol. The molecular formula is C24H35NO2. The van der Waals surface area contributed by atoms with Gasteiger partial charge >= 0.3 is 0 Å². The third kappa shape index (κ3) is 2.60. The minimum absolute atomic E-state index is 0.126. The highest BCUT2D eigenvalue weighted by Crippen LogP contribution is 2.66. The minimum Gasteiger partial charge on any atom is -0.346 e. The number of nitrogens with zero attached hydrogens (tertiary/aromatic N) is 1. The second-order valence-electron chi connectivity index (χ2n) is 10.1. The number of fused-ring (bicyclic) bond motifs is 5. The lowest BCUT2D eigenvalue weighted by Crippen LogP contribution is -2.51. The van der Waals surface area contributed by atoms with Crippen LogP contribution in [0.2, 0.25) is 0 Å². The molecule has 148 valence electrons. The molecule has 1 amide bonds. The Morgan fingerprint density at radius 3 is 2.63 bits per heavy atom. The molecule has 0 aromatic heterocycles. The van der Waals surface area contributed by atoms with Crippen molar-refractivity contribution in [2.24, 2.45) is 34.5 Å². The van der Waals surface area contributed by atoms with E-state index in [4.69, 9.17) is 0 Å². The van der Waals surface area contributed by atoms with Crippen LogP contribution in [0, 0.1) is 34.5 Å². The highest BCUT2D eigenvalue weighted by atomic mass is 16.2. The summed E-state index contributed by atoms with van der Waals surface area (Å²) in [6, 6.07) is 0. The molecule has 0 aliphatic heterocycles. The van der Waals surface area contributed by atoms with Crippen LogP contribution in [0.3, 0.4) is 0 Å². The van der Waals surface area contributed by atoms with E-state index in [9.17, 15) is 9.59 Å². The first-order valence-electron chi connectivity index (χ1n) is 10.9. The van der Waals surface area contributed by atoms with E-state index < -0.39 is 0 Å². The van der Waals surface area contributed by atoms with Gasteiger partial charge in [0, 0.05) is 25.9 Å². The predicted molar refractivity (Wildman–Crippen MR) is 108 cm³/mol. The Balaban J connectivity index is 1.70. The molecule has 0 radical (unpaired) electrons. The quantitative estimate of drug-likeness (QED) is 0.702. The maximum Gasteiger partial charge on any atom is 0.225 e. The number of hydrogen-bond donors (Lipinski definition) is 0. The second-order valence-corrected chi connectivity index (χ2v) is 10.1. The highest BCUT2D eigenvalue weighted by Gasteiger charge is 2.60. The average Bonchev–Trinajstić information content (AvgIpc) is 2.99. The van der Waals surface area contributed by atoms with Crippen molar-refractivity contribution in [1.82, 2.24) is 4.90 Å². The normalized spacial score (nSPS) is 43.2. The molecule has 0 N–H and O–H groups in total. The van der Waals surface area contributed by atoms with Gasteiger partial charge < -0.3 is 4.90 Å². The largest absolute Gasteiger partial charge is 0.346 e. The van der Waals surface area contributed by atoms with Crippen molar-refractivity contribution >= 4 is 11.7 Å². The second kappa shape index (κ2) is 6.32. The molecule has 0 aromatic rings. The summed E-state index contributed by atoms with van der Waals surface area (Å²) in [7, 11) is 1.95. The van der Waals surface area contributed by atoms with Crippen LogP contribution >= 0.6 is 0 Å². The van der Waals surface area contributed by atoms with Crippen molar-refractivity contribution in [2.45, 2.75) is 66.2 Å². The van der Waals surface area contributed by atoms with Gasteiger partial charge in [-0.3, -0.25) is 9.59 Å². The Morgan fingerprint density at radius 2 is 1.93 bits per heavy atom. The van der Waals surface area contributed by atoms with Gasteiger partial charge in [0.1, 0.15) is 0 Å². The Labute approximate surface area is 164 Å². The van der Waals surface area contributed by atoms with Gasteiger partial charge in [0.25, 0.3) is 0 Å². The Hall–Kier alpha value is -1.38. The standard InChI is InChI=1S/C24H35NO2/c1-6-25(5)22(27)20-8-7-18-17-13-15(2)21-14-16(26)9-11-24(21,4)19(17)10-12-23(18,20)3/h13-14,17-20H,6-12H2,1-5H3/t17?,18?,19?,20-,23+,24-/m1/s1. The molecule has 0 aromatic carbocycles. The molecule has 27 heavy (non-hydrogen) atoms. The zero-order valence-electron chi connectivity index (χ0n) is 17.7. The molecule has 3 unspecified atom stereocenters. The van der Waals surface area contributed by atoms with Crippen molar-refractivity contribution in [3.63, 3.8) is 0 Å². The molecule has 4 rings (SSSR count). The lowest BCUT2D eigenvalue weighted by Gasteiger charge is -2.56. The van der Waals surface area contributed by atoms with E-state index in [1.54, 1.807) is 0 Å². The number of carbonyl (C=O) groups is 2. The molecule has 0 bridgehead atoms. The predicted octanol–water partition coefficient (Wildman–Crippen LogP) is 4.78. The van der Waals surface area contributed by atoms with Crippen LogP contribution in [0.15, 0.2) is 23.3 Å². The molecule has 4 aliphatic carbocycles. The number of rotatable bonds is 2. The van der Waals surface area contributed by atoms with Crippen LogP contribution in [0.4, 0.5) is 0 Å². The van der Waals surface area contributed by atoms with Gasteiger partial charge in [0.05, 0.1) is 0 Å². The van der Waals surface area contributed by atoms with Crippen LogP contribution in [-0.2, 0) is 9.59 Å². The number of allylic oxidation sites excluding steroid dienone is 4. The topological polar surface area (TPSA) is 37.4 Å². The molecule has 2 fully saturated rings. The van der Waals surface area contributed by atoms with Crippen molar-refractivity contribution in [2.75, 3.05) is 13.6 Å². The zero-order chi connectivity index (χ0) is 19.6. The maximum atomic E-state index is 13.1. The van der Waals surface area contributed by atoms with Crippen molar-refractivity contribution < 1.29 is 9.59 Å². The lowest BCUT2D eigenvalue weighted by atomic mass is 9.47. The van der Waals surface area contributed by atoms with E-state index in [0.717, 1.165) is 25.8 Å². The SMILES string of the molecule is CCN(C)C(=O)[C@H]1CCC2C3C=C(C)C4=CC(=O)CC[C@]4(C)C3CC[C@@]21C. The average molecular weight is 370 g/mol. The van der Waals surface area contributed by atoms with Crippen LogP contribution in [0.5, 0.6) is 0 Å². The Bertz CT molecular complexity index is 735.